The summed E-state index contributed by atoms with van der Waals surface area (Å²) in [5.74, 6) is -0.327. The minimum atomic E-state index is -0.584. The van der Waals surface area contributed by atoms with Gasteiger partial charge in [-0.05, 0) is 50.5 Å². The van der Waals surface area contributed by atoms with Crippen LogP contribution >= 0.6 is 0 Å². The van der Waals surface area contributed by atoms with Crippen LogP contribution in [0.5, 0.6) is 0 Å². The predicted molar refractivity (Wildman–Crippen MR) is 121 cm³/mol. The number of benzene rings is 2. The van der Waals surface area contributed by atoms with Gasteiger partial charge in [0, 0.05) is 25.2 Å². The minimum absolute atomic E-state index is 0.116. The fraction of sp³-hybridized carbons (Fsp3) is 0.375. The molecule has 3 N–H and O–H groups in total. The van der Waals surface area contributed by atoms with Gasteiger partial charge < -0.3 is 20.7 Å². The molecule has 166 valence electrons. The van der Waals surface area contributed by atoms with E-state index in [0.29, 0.717) is 5.69 Å². The van der Waals surface area contributed by atoms with Crippen LogP contribution in [0.15, 0.2) is 48.5 Å². The number of nitrogens with one attached hydrogen (secondary N) is 3. The van der Waals surface area contributed by atoms with E-state index in [4.69, 9.17) is 4.74 Å². The van der Waals surface area contributed by atoms with Crippen molar-refractivity contribution < 1.29 is 19.1 Å². The van der Waals surface area contributed by atoms with Crippen molar-refractivity contribution in [1.29, 1.82) is 0 Å². The number of amides is 3. The molecule has 3 amide bonds. The van der Waals surface area contributed by atoms with E-state index in [1.165, 1.54) is 0 Å². The third kappa shape index (κ3) is 8.90. The second-order valence-electron chi connectivity index (χ2n) is 8.26. The van der Waals surface area contributed by atoms with Gasteiger partial charge in [0.1, 0.15) is 5.60 Å². The highest BCUT2D eigenvalue weighted by molar-refractivity contribution is 5.93. The van der Waals surface area contributed by atoms with Crippen molar-refractivity contribution in [3.63, 3.8) is 0 Å². The van der Waals surface area contributed by atoms with Crippen molar-refractivity contribution in [2.45, 2.75) is 52.7 Å². The molecule has 0 fully saturated rings. The minimum Gasteiger partial charge on any atom is -0.444 e. The smallest absolute Gasteiger partial charge is 0.407 e. The lowest BCUT2D eigenvalue weighted by Crippen LogP contribution is -2.35. The zero-order valence-corrected chi connectivity index (χ0v) is 18.6. The lowest BCUT2D eigenvalue weighted by atomic mass is 10.1. The van der Waals surface area contributed by atoms with E-state index >= 15 is 0 Å². The highest BCUT2D eigenvalue weighted by Gasteiger charge is 2.16. The van der Waals surface area contributed by atoms with Gasteiger partial charge in [0.2, 0.25) is 11.8 Å². The molecule has 0 saturated carbocycles. The van der Waals surface area contributed by atoms with E-state index in [1.54, 1.807) is 26.8 Å². The second kappa shape index (κ2) is 11.2. The Labute approximate surface area is 183 Å². The number of anilines is 1. The SMILES string of the molecule is Cc1ccccc1CC(=O)Nc1ccccc1CNC(=O)CCNC(=O)OC(C)(C)C. The lowest BCUT2D eigenvalue weighted by molar-refractivity contribution is -0.121. The molecular weight excluding hydrogens is 394 g/mol. The number of ether oxygens (including phenoxy) is 1. The lowest BCUT2D eigenvalue weighted by Gasteiger charge is -2.19. The van der Waals surface area contributed by atoms with Crippen LogP contribution in [0.4, 0.5) is 10.5 Å². The highest BCUT2D eigenvalue weighted by atomic mass is 16.6. The summed E-state index contributed by atoms with van der Waals surface area (Å²) in [5, 5.41) is 8.29. The van der Waals surface area contributed by atoms with E-state index in [1.807, 2.05) is 49.4 Å². The van der Waals surface area contributed by atoms with Gasteiger partial charge in [-0.3, -0.25) is 9.59 Å². The number of aryl methyl sites for hydroxylation is 1. The van der Waals surface area contributed by atoms with Crippen LogP contribution in [0.3, 0.4) is 0 Å². The summed E-state index contributed by atoms with van der Waals surface area (Å²) in [5.41, 5.74) is 2.92. The maximum atomic E-state index is 12.5. The number of rotatable bonds is 8. The standard InChI is InChI=1S/C24H31N3O4/c1-17-9-5-6-10-18(17)15-22(29)27-20-12-8-7-11-19(20)16-26-21(28)13-14-25-23(30)31-24(2,3)4/h5-12H,13-16H2,1-4H3,(H,25,30)(H,26,28)(H,27,29). The Morgan fingerprint density at radius 3 is 2.19 bits per heavy atom. The monoisotopic (exact) mass is 425 g/mol. The third-order valence-electron chi connectivity index (χ3n) is 4.40. The molecule has 0 aliphatic carbocycles. The van der Waals surface area contributed by atoms with Crippen LogP contribution in [0.25, 0.3) is 0 Å². The normalized spacial score (nSPS) is 10.8. The number of carbonyl (C=O) groups is 3. The first-order valence-corrected chi connectivity index (χ1v) is 10.3. The van der Waals surface area contributed by atoms with E-state index in [9.17, 15) is 14.4 Å². The van der Waals surface area contributed by atoms with Gasteiger partial charge in [0.25, 0.3) is 0 Å². The Morgan fingerprint density at radius 1 is 0.871 bits per heavy atom. The summed E-state index contributed by atoms with van der Waals surface area (Å²) in [6.07, 6.45) is -0.146. The zero-order chi connectivity index (χ0) is 22.9. The first-order chi connectivity index (χ1) is 14.6. The van der Waals surface area contributed by atoms with Crippen LogP contribution in [0.1, 0.15) is 43.9 Å². The average Bonchev–Trinajstić information content (AvgIpc) is 2.67. The first kappa shape index (κ1) is 23.9. The number of hydrogen-bond acceptors (Lipinski definition) is 4. The highest BCUT2D eigenvalue weighted by Crippen LogP contribution is 2.16. The van der Waals surface area contributed by atoms with Crippen molar-refractivity contribution in [3.05, 3.63) is 65.2 Å². The maximum Gasteiger partial charge on any atom is 0.407 e. The van der Waals surface area contributed by atoms with Gasteiger partial charge in [0.15, 0.2) is 0 Å². The van der Waals surface area contributed by atoms with Crippen LogP contribution in [-0.4, -0.2) is 30.1 Å². The fourth-order valence-electron chi connectivity index (χ4n) is 2.85. The molecule has 7 nitrogen and oxygen atoms in total. The van der Waals surface area contributed by atoms with Crippen LogP contribution < -0.4 is 16.0 Å². The fourth-order valence-corrected chi connectivity index (χ4v) is 2.85. The quantitative estimate of drug-likeness (QED) is 0.601. The van der Waals surface area contributed by atoms with Gasteiger partial charge >= 0.3 is 6.09 Å². The summed E-state index contributed by atoms with van der Waals surface area (Å²) >= 11 is 0. The summed E-state index contributed by atoms with van der Waals surface area (Å²) in [6.45, 7) is 7.75. The number of hydrogen-bond donors (Lipinski definition) is 3. The molecule has 0 aliphatic rings. The van der Waals surface area contributed by atoms with Crippen molar-refractivity contribution >= 4 is 23.6 Å². The molecule has 0 aromatic heterocycles. The van der Waals surface area contributed by atoms with E-state index in [0.717, 1.165) is 16.7 Å². The molecule has 2 rings (SSSR count). The third-order valence-corrected chi connectivity index (χ3v) is 4.40. The molecule has 0 atom stereocenters. The van der Waals surface area contributed by atoms with Crippen LogP contribution in [0, 0.1) is 6.92 Å². The zero-order valence-electron chi connectivity index (χ0n) is 18.6. The number of alkyl carbamates (subject to hydrolysis) is 1. The van der Waals surface area contributed by atoms with Crippen molar-refractivity contribution in [2.75, 3.05) is 11.9 Å². The summed E-state index contributed by atoms with van der Waals surface area (Å²) in [4.78, 5) is 36.2. The predicted octanol–water partition coefficient (Wildman–Crippen LogP) is 3.71. The summed E-state index contributed by atoms with van der Waals surface area (Å²) in [6, 6.07) is 15.1. The number of carbonyl (C=O) groups excluding carboxylic acids is 3. The Morgan fingerprint density at radius 2 is 1.52 bits per heavy atom. The van der Waals surface area contributed by atoms with Gasteiger partial charge in [-0.25, -0.2) is 4.79 Å². The van der Waals surface area contributed by atoms with E-state index in [2.05, 4.69) is 16.0 Å². The van der Waals surface area contributed by atoms with Crippen molar-refractivity contribution in [2.24, 2.45) is 0 Å². The van der Waals surface area contributed by atoms with E-state index < -0.39 is 11.7 Å². The Kier molecular flexibility index (Phi) is 8.61. The largest absolute Gasteiger partial charge is 0.444 e. The molecule has 0 saturated heterocycles. The molecule has 0 unspecified atom stereocenters. The molecular formula is C24H31N3O4. The number of para-hydroxylation sites is 1. The molecule has 31 heavy (non-hydrogen) atoms. The summed E-state index contributed by atoms with van der Waals surface area (Å²) < 4.78 is 5.13. The molecule has 0 spiro atoms. The van der Waals surface area contributed by atoms with Crippen molar-refractivity contribution in [3.8, 4) is 0 Å². The Hall–Kier alpha value is -3.35. The molecule has 0 heterocycles. The first-order valence-electron chi connectivity index (χ1n) is 10.3. The van der Waals surface area contributed by atoms with Gasteiger partial charge in [-0.15, -0.1) is 0 Å². The Balaban J connectivity index is 1.82. The summed E-state index contributed by atoms with van der Waals surface area (Å²) in [7, 11) is 0. The van der Waals surface area contributed by atoms with Crippen LogP contribution in [0.2, 0.25) is 0 Å². The molecule has 2 aromatic carbocycles. The van der Waals surface area contributed by atoms with Gasteiger partial charge in [0.05, 0.1) is 6.42 Å². The Bertz CT molecular complexity index is 919. The van der Waals surface area contributed by atoms with E-state index in [-0.39, 0.29) is 37.7 Å². The van der Waals surface area contributed by atoms with Gasteiger partial charge in [-0.1, -0.05) is 42.5 Å². The molecule has 0 radical (unpaired) electrons. The molecule has 0 bridgehead atoms. The molecule has 7 heteroatoms. The second-order valence-corrected chi connectivity index (χ2v) is 8.26. The van der Waals surface area contributed by atoms with Gasteiger partial charge in [-0.2, -0.15) is 0 Å². The van der Waals surface area contributed by atoms with Crippen molar-refractivity contribution in [1.82, 2.24) is 10.6 Å². The molecule has 2 aromatic rings. The maximum absolute atomic E-state index is 12.5. The topological polar surface area (TPSA) is 96.5 Å². The average molecular weight is 426 g/mol. The molecule has 0 aliphatic heterocycles. The van der Waals surface area contributed by atoms with Crippen LogP contribution in [-0.2, 0) is 27.3 Å².